The Bertz CT molecular complexity index is 1880. The van der Waals surface area contributed by atoms with E-state index in [1.165, 1.54) is 33.3 Å². The summed E-state index contributed by atoms with van der Waals surface area (Å²) in [4.78, 5) is 53.0. The van der Waals surface area contributed by atoms with Gasteiger partial charge in [0.1, 0.15) is 6.04 Å². The van der Waals surface area contributed by atoms with Crippen molar-refractivity contribution in [2.24, 2.45) is 39.9 Å². The molecule has 13 heteroatoms. The van der Waals surface area contributed by atoms with Crippen molar-refractivity contribution in [2.75, 3.05) is 34.5 Å². The summed E-state index contributed by atoms with van der Waals surface area (Å²) in [6.07, 6.45) is 5.80. The SMILES string of the molecule is COc1ccc(C[C@H]2COC(=O)[C@@H]2Cc2ccc(OC(=O)[C@H](NCC(C)(C)C(=O)OC(C)OC(=O)NC34CC5CC(C)(CC(C)(C5)C3)C4)C(C)C)c(OC)c2)cc1OC. The van der Waals surface area contributed by atoms with Gasteiger partial charge in [0.15, 0.2) is 23.0 Å². The Balaban J connectivity index is 1.01. The smallest absolute Gasteiger partial charge is 0.410 e. The zero-order valence-corrected chi connectivity index (χ0v) is 36.5. The Morgan fingerprint density at radius 2 is 1.41 bits per heavy atom. The first-order valence-electron chi connectivity index (χ1n) is 21.0. The molecular formula is C46H64N2O11. The number of nitrogens with one attached hydrogen (secondary N) is 2. The third-order valence-electron chi connectivity index (χ3n) is 12.9. The Hall–Kier alpha value is -4.52. The number of ether oxygens (including phenoxy) is 7. The first-order valence-corrected chi connectivity index (χ1v) is 21.0. The molecule has 4 bridgehead atoms. The molecule has 2 N–H and O–H groups in total. The Morgan fingerprint density at radius 3 is 2.00 bits per heavy atom. The molecule has 59 heavy (non-hydrogen) atoms. The van der Waals surface area contributed by atoms with Gasteiger partial charge in [0.25, 0.3) is 0 Å². The third kappa shape index (κ3) is 10.1. The second-order valence-electron chi connectivity index (χ2n) is 19.4. The minimum Gasteiger partial charge on any atom is -0.493 e. The van der Waals surface area contributed by atoms with Crippen molar-refractivity contribution in [3.63, 3.8) is 0 Å². The van der Waals surface area contributed by atoms with E-state index in [1.807, 2.05) is 38.1 Å². The second-order valence-corrected chi connectivity index (χ2v) is 19.4. The molecule has 0 aromatic heterocycles. The van der Waals surface area contributed by atoms with E-state index in [-0.39, 0.29) is 52.4 Å². The maximum Gasteiger partial charge on any atom is 0.410 e. The molecule has 13 nitrogen and oxygen atoms in total. The molecule has 1 saturated heterocycles. The average Bonchev–Trinajstić information content (AvgIpc) is 3.47. The molecule has 7 rings (SSSR count). The largest absolute Gasteiger partial charge is 0.493 e. The predicted octanol–water partition coefficient (Wildman–Crippen LogP) is 7.20. The number of hydrogen-bond acceptors (Lipinski definition) is 12. The van der Waals surface area contributed by atoms with Crippen LogP contribution in [-0.4, -0.2) is 76.4 Å². The highest BCUT2D eigenvalue weighted by atomic mass is 16.7. The fraction of sp³-hybridized carbons (Fsp3) is 0.652. The van der Waals surface area contributed by atoms with Crippen molar-refractivity contribution in [1.29, 1.82) is 0 Å². The lowest BCUT2D eigenvalue weighted by molar-refractivity contribution is -0.176. The second kappa shape index (κ2) is 17.2. The maximum absolute atomic E-state index is 13.6. The molecule has 4 saturated carbocycles. The molecule has 2 aromatic rings. The highest BCUT2D eigenvalue weighted by Crippen LogP contribution is 2.66. The summed E-state index contributed by atoms with van der Waals surface area (Å²) in [6, 6.07) is 10.2. The van der Waals surface area contributed by atoms with Gasteiger partial charge in [-0.15, -0.1) is 0 Å². The number of rotatable bonds is 17. The summed E-state index contributed by atoms with van der Waals surface area (Å²) in [6.45, 7) is 13.8. The van der Waals surface area contributed by atoms with Crippen LogP contribution in [0.25, 0.3) is 0 Å². The van der Waals surface area contributed by atoms with Crippen LogP contribution < -0.4 is 29.6 Å². The number of methoxy groups -OCH3 is 3. The van der Waals surface area contributed by atoms with Crippen LogP contribution in [0.2, 0.25) is 0 Å². The number of alkyl carbamates (subject to hydrolysis) is 1. The van der Waals surface area contributed by atoms with Gasteiger partial charge in [0.05, 0.1) is 39.3 Å². The molecule has 0 spiro atoms. The molecule has 5 aliphatic rings. The summed E-state index contributed by atoms with van der Waals surface area (Å²) in [5.41, 5.74) is 0.909. The van der Waals surface area contributed by atoms with Crippen molar-refractivity contribution >= 4 is 24.0 Å². The van der Waals surface area contributed by atoms with E-state index >= 15 is 0 Å². The van der Waals surface area contributed by atoms with Gasteiger partial charge < -0.3 is 43.8 Å². The summed E-state index contributed by atoms with van der Waals surface area (Å²) in [5, 5.41) is 6.40. The van der Waals surface area contributed by atoms with E-state index < -0.39 is 35.8 Å². The van der Waals surface area contributed by atoms with Crippen molar-refractivity contribution in [2.45, 2.75) is 118 Å². The average molecular weight is 821 g/mol. The van der Waals surface area contributed by atoms with Crippen LogP contribution in [0.5, 0.6) is 23.0 Å². The van der Waals surface area contributed by atoms with Crippen LogP contribution in [0.4, 0.5) is 4.79 Å². The van der Waals surface area contributed by atoms with Crippen molar-refractivity contribution < 1.29 is 52.3 Å². The van der Waals surface area contributed by atoms with Gasteiger partial charge >= 0.3 is 24.0 Å². The van der Waals surface area contributed by atoms with E-state index in [4.69, 9.17) is 33.2 Å². The van der Waals surface area contributed by atoms with Crippen LogP contribution >= 0.6 is 0 Å². The highest BCUT2D eigenvalue weighted by molar-refractivity contribution is 5.80. The number of cyclic esters (lactones) is 1. The zero-order chi connectivity index (χ0) is 42.9. The van der Waals surface area contributed by atoms with Crippen LogP contribution in [0, 0.1) is 39.9 Å². The number of amides is 1. The topological polar surface area (TPSA) is 157 Å². The Morgan fingerprint density at radius 1 is 0.814 bits per heavy atom. The monoisotopic (exact) mass is 820 g/mol. The number of benzene rings is 2. The molecule has 1 amide bonds. The quantitative estimate of drug-likeness (QED) is 0.0942. The minimum atomic E-state index is -1.11. The number of carbonyl (C=O) groups is 4. The zero-order valence-electron chi connectivity index (χ0n) is 36.5. The lowest BCUT2D eigenvalue weighted by Gasteiger charge is -2.65. The van der Waals surface area contributed by atoms with E-state index in [9.17, 15) is 19.2 Å². The third-order valence-corrected chi connectivity index (χ3v) is 12.9. The molecule has 4 aliphatic carbocycles. The Kier molecular flexibility index (Phi) is 12.9. The van der Waals surface area contributed by atoms with Crippen LogP contribution in [-0.2, 0) is 41.4 Å². The molecule has 1 aliphatic heterocycles. The summed E-state index contributed by atoms with van der Waals surface area (Å²) in [5.74, 6) is 0.409. The van der Waals surface area contributed by atoms with Gasteiger partial charge in [0.2, 0.25) is 6.29 Å². The first-order chi connectivity index (χ1) is 27.8. The minimum absolute atomic E-state index is 0.0532. The van der Waals surface area contributed by atoms with Crippen LogP contribution in [0.1, 0.15) is 98.1 Å². The molecule has 324 valence electrons. The highest BCUT2D eigenvalue weighted by Gasteiger charge is 2.60. The first kappa shape index (κ1) is 44.0. The van der Waals surface area contributed by atoms with E-state index in [2.05, 4.69) is 24.5 Å². The number of esters is 3. The fourth-order valence-corrected chi connectivity index (χ4v) is 11.1. The van der Waals surface area contributed by atoms with E-state index in [1.54, 1.807) is 40.2 Å². The van der Waals surface area contributed by atoms with Gasteiger partial charge in [0, 0.05) is 24.9 Å². The van der Waals surface area contributed by atoms with Gasteiger partial charge in [-0.2, -0.15) is 0 Å². The molecular weight excluding hydrogens is 757 g/mol. The number of carbonyl (C=O) groups excluding carboxylic acids is 4. The normalized spacial score (nSPS) is 28.1. The van der Waals surface area contributed by atoms with Gasteiger partial charge in [-0.05, 0) is 123 Å². The van der Waals surface area contributed by atoms with Gasteiger partial charge in [-0.1, -0.05) is 39.8 Å². The van der Waals surface area contributed by atoms with Crippen LogP contribution in [0.15, 0.2) is 36.4 Å². The predicted molar refractivity (Wildman–Crippen MR) is 219 cm³/mol. The maximum atomic E-state index is 13.6. The molecule has 5 fully saturated rings. The summed E-state index contributed by atoms with van der Waals surface area (Å²) < 4.78 is 39.0. The van der Waals surface area contributed by atoms with Gasteiger partial charge in [-0.3, -0.25) is 9.59 Å². The lowest BCUT2D eigenvalue weighted by Crippen LogP contribution is -2.65. The van der Waals surface area contributed by atoms with Crippen LogP contribution in [0.3, 0.4) is 0 Å². The fourth-order valence-electron chi connectivity index (χ4n) is 11.1. The molecule has 3 unspecified atom stereocenters. The molecule has 0 radical (unpaired) electrons. The van der Waals surface area contributed by atoms with E-state index in [0.717, 1.165) is 30.4 Å². The number of hydrogen-bond donors (Lipinski definition) is 2. The van der Waals surface area contributed by atoms with Crippen molar-refractivity contribution in [3.8, 4) is 23.0 Å². The van der Waals surface area contributed by atoms with Crippen molar-refractivity contribution in [1.82, 2.24) is 10.6 Å². The molecule has 1 heterocycles. The standard InChI is InChI=1S/C46H64N2O11/c1-27(2)38(47-26-43(4,5)41(51)57-28(3)58-42(52)48-46-21-31-19-44(6,24-46)23-45(7,20-31)25-46)40(50)59-35-14-12-30(18-37(35)55-10)16-33-32(22-56-39(33)49)15-29-11-13-34(53-8)36(17-29)54-9/h11-14,17-18,27-28,31-33,38,47H,15-16,19-26H2,1-10H3,(H,48,52)/t28?,31?,32-,33+,38+,44?,45?,46?/m0/s1. The Labute approximate surface area is 348 Å². The summed E-state index contributed by atoms with van der Waals surface area (Å²) in [7, 11) is 4.67. The van der Waals surface area contributed by atoms with Gasteiger partial charge in [-0.25, -0.2) is 9.59 Å². The summed E-state index contributed by atoms with van der Waals surface area (Å²) >= 11 is 0. The van der Waals surface area contributed by atoms with Crippen molar-refractivity contribution in [3.05, 3.63) is 47.5 Å². The van der Waals surface area contributed by atoms with E-state index in [0.29, 0.717) is 42.6 Å². The lowest BCUT2D eigenvalue weighted by atomic mass is 9.43. The molecule has 6 atom stereocenters. The molecule has 2 aromatic carbocycles.